The molecular formula is C15H18N2O2. The fourth-order valence-corrected chi connectivity index (χ4v) is 1.92. The zero-order valence-electron chi connectivity index (χ0n) is 11.4. The molecule has 0 amide bonds. The van der Waals surface area contributed by atoms with Crippen LogP contribution in [0.1, 0.15) is 22.9 Å². The van der Waals surface area contributed by atoms with Crippen LogP contribution in [0.4, 0.5) is 0 Å². The molecule has 1 atom stereocenters. The van der Waals surface area contributed by atoms with Crippen LogP contribution >= 0.6 is 0 Å². The quantitative estimate of drug-likeness (QED) is 0.915. The van der Waals surface area contributed by atoms with Crippen molar-refractivity contribution in [2.45, 2.75) is 13.0 Å². The molecule has 0 saturated heterocycles. The minimum atomic E-state index is -0.269. The monoisotopic (exact) mass is 258 g/mol. The molecule has 1 aromatic carbocycles. The molecule has 0 saturated carbocycles. The van der Waals surface area contributed by atoms with E-state index in [4.69, 9.17) is 15.2 Å². The maximum atomic E-state index is 6.27. The normalized spacial score (nSPS) is 12.0. The van der Waals surface area contributed by atoms with E-state index in [-0.39, 0.29) is 6.04 Å². The van der Waals surface area contributed by atoms with Crippen LogP contribution < -0.4 is 15.2 Å². The Hall–Kier alpha value is -2.07. The summed E-state index contributed by atoms with van der Waals surface area (Å²) >= 11 is 0. The molecule has 0 aliphatic rings. The highest BCUT2D eigenvalue weighted by Gasteiger charge is 2.15. The predicted octanol–water partition coefficient (Wildman–Crippen LogP) is 2.46. The Kier molecular flexibility index (Phi) is 4.02. The van der Waals surface area contributed by atoms with E-state index in [2.05, 4.69) is 4.98 Å². The smallest absolute Gasteiger partial charge is 0.127 e. The van der Waals surface area contributed by atoms with Crippen molar-refractivity contribution in [1.29, 1.82) is 0 Å². The van der Waals surface area contributed by atoms with E-state index in [1.807, 2.05) is 37.3 Å². The molecular weight excluding hydrogens is 240 g/mol. The Labute approximate surface area is 113 Å². The van der Waals surface area contributed by atoms with Gasteiger partial charge in [-0.25, -0.2) is 0 Å². The molecule has 4 nitrogen and oxygen atoms in total. The van der Waals surface area contributed by atoms with Crippen molar-refractivity contribution in [3.8, 4) is 11.5 Å². The van der Waals surface area contributed by atoms with Gasteiger partial charge in [0.2, 0.25) is 0 Å². The standard InChI is InChI=1S/C15H18N2O2/c1-10-4-5-11(9-17-10)15(16)13-7-6-12(18-2)8-14(13)19-3/h4-9,15H,16H2,1-3H3. The third-order valence-corrected chi connectivity index (χ3v) is 3.07. The minimum absolute atomic E-state index is 0.269. The summed E-state index contributed by atoms with van der Waals surface area (Å²) < 4.78 is 10.6. The second-order valence-electron chi connectivity index (χ2n) is 4.32. The molecule has 2 N–H and O–H groups in total. The lowest BCUT2D eigenvalue weighted by molar-refractivity contribution is 0.390. The molecule has 0 aliphatic carbocycles. The van der Waals surface area contributed by atoms with Gasteiger partial charge in [-0.05, 0) is 30.7 Å². The van der Waals surface area contributed by atoms with Gasteiger partial charge >= 0.3 is 0 Å². The topological polar surface area (TPSA) is 57.4 Å². The number of nitrogens with two attached hydrogens (primary N) is 1. The predicted molar refractivity (Wildman–Crippen MR) is 74.6 cm³/mol. The number of pyridine rings is 1. The van der Waals surface area contributed by atoms with Gasteiger partial charge in [-0.2, -0.15) is 0 Å². The summed E-state index contributed by atoms with van der Waals surface area (Å²) in [5.41, 5.74) is 9.11. The van der Waals surface area contributed by atoms with Crippen LogP contribution in [-0.4, -0.2) is 19.2 Å². The van der Waals surface area contributed by atoms with Gasteiger partial charge in [0.05, 0.1) is 20.3 Å². The number of methoxy groups -OCH3 is 2. The van der Waals surface area contributed by atoms with E-state index >= 15 is 0 Å². The molecule has 100 valence electrons. The first-order chi connectivity index (χ1) is 9.15. The van der Waals surface area contributed by atoms with Crippen molar-refractivity contribution in [3.63, 3.8) is 0 Å². The number of aromatic nitrogens is 1. The fourth-order valence-electron chi connectivity index (χ4n) is 1.92. The number of ether oxygens (including phenoxy) is 2. The van der Waals surface area contributed by atoms with Crippen molar-refractivity contribution in [3.05, 3.63) is 53.3 Å². The molecule has 19 heavy (non-hydrogen) atoms. The Morgan fingerprint density at radius 2 is 1.89 bits per heavy atom. The van der Waals surface area contributed by atoms with Gasteiger partial charge in [0.15, 0.2) is 0 Å². The molecule has 0 spiro atoms. The average Bonchev–Trinajstić information content (AvgIpc) is 2.46. The van der Waals surface area contributed by atoms with E-state index in [1.165, 1.54) is 0 Å². The summed E-state index contributed by atoms with van der Waals surface area (Å²) in [6.07, 6.45) is 1.80. The summed E-state index contributed by atoms with van der Waals surface area (Å²) in [6.45, 7) is 1.95. The van der Waals surface area contributed by atoms with Crippen molar-refractivity contribution >= 4 is 0 Å². The van der Waals surface area contributed by atoms with Crippen LogP contribution in [0, 0.1) is 6.92 Å². The Morgan fingerprint density at radius 1 is 1.11 bits per heavy atom. The lowest BCUT2D eigenvalue weighted by Crippen LogP contribution is -2.13. The number of rotatable bonds is 4. The first-order valence-electron chi connectivity index (χ1n) is 6.05. The van der Waals surface area contributed by atoms with Crippen molar-refractivity contribution in [2.75, 3.05) is 14.2 Å². The van der Waals surface area contributed by atoms with Crippen molar-refractivity contribution in [1.82, 2.24) is 4.98 Å². The number of aryl methyl sites for hydroxylation is 1. The van der Waals surface area contributed by atoms with Crippen LogP contribution in [0.25, 0.3) is 0 Å². The second kappa shape index (κ2) is 5.71. The maximum absolute atomic E-state index is 6.27. The largest absolute Gasteiger partial charge is 0.497 e. The molecule has 0 fully saturated rings. The molecule has 0 radical (unpaired) electrons. The van der Waals surface area contributed by atoms with Crippen molar-refractivity contribution in [2.24, 2.45) is 5.73 Å². The van der Waals surface area contributed by atoms with Crippen molar-refractivity contribution < 1.29 is 9.47 Å². The highest BCUT2D eigenvalue weighted by molar-refractivity contribution is 5.45. The summed E-state index contributed by atoms with van der Waals surface area (Å²) in [4.78, 5) is 4.27. The third-order valence-electron chi connectivity index (χ3n) is 3.07. The Morgan fingerprint density at radius 3 is 2.47 bits per heavy atom. The Balaban J connectivity index is 2.37. The summed E-state index contributed by atoms with van der Waals surface area (Å²) in [5.74, 6) is 1.46. The molecule has 2 aromatic rings. The second-order valence-corrected chi connectivity index (χ2v) is 4.32. The van der Waals surface area contributed by atoms with E-state index in [9.17, 15) is 0 Å². The molecule has 4 heteroatoms. The first kappa shape index (κ1) is 13.4. The van der Waals surface area contributed by atoms with Crippen LogP contribution in [0.15, 0.2) is 36.5 Å². The van der Waals surface area contributed by atoms with Crippen LogP contribution in [0.3, 0.4) is 0 Å². The highest BCUT2D eigenvalue weighted by atomic mass is 16.5. The van der Waals surface area contributed by atoms with Gasteiger partial charge in [-0.15, -0.1) is 0 Å². The summed E-state index contributed by atoms with van der Waals surface area (Å²) in [5, 5.41) is 0. The molecule has 1 heterocycles. The fraction of sp³-hybridized carbons (Fsp3) is 0.267. The maximum Gasteiger partial charge on any atom is 0.127 e. The molecule has 2 rings (SSSR count). The number of benzene rings is 1. The Bertz CT molecular complexity index is 553. The lowest BCUT2D eigenvalue weighted by Gasteiger charge is -2.16. The molecule has 0 aliphatic heterocycles. The van der Waals surface area contributed by atoms with Gasteiger partial charge in [-0.3, -0.25) is 4.98 Å². The lowest BCUT2D eigenvalue weighted by atomic mass is 10.00. The summed E-state index contributed by atoms with van der Waals surface area (Å²) in [6, 6.07) is 9.29. The van der Waals surface area contributed by atoms with Crippen LogP contribution in [0.5, 0.6) is 11.5 Å². The molecule has 1 aromatic heterocycles. The zero-order valence-corrected chi connectivity index (χ0v) is 11.4. The first-order valence-corrected chi connectivity index (χ1v) is 6.05. The van der Waals surface area contributed by atoms with Gasteiger partial charge in [-0.1, -0.05) is 6.07 Å². The summed E-state index contributed by atoms with van der Waals surface area (Å²) in [7, 11) is 3.25. The third kappa shape index (κ3) is 2.85. The van der Waals surface area contributed by atoms with E-state index in [0.29, 0.717) is 5.75 Å². The van der Waals surface area contributed by atoms with E-state index in [0.717, 1.165) is 22.6 Å². The number of hydrogen-bond acceptors (Lipinski definition) is 4. The number of hydrogen-bond donors (Lipinski definition) is 1. The molecule has 1 unspecified atom stereocenters. The van der Waals surface area contributed by atoms with Gasteiger partial charge < -0.3 is 15.2 Å². The number of nitrogens with zero attached hydrogens (tertiary/aromatic N) is 1. The van der Waals surface area contributed by atoms with E-state index < -0.39 is 0 Å². The van der Waals surface area contributed by atoms with Crippen LogP contribution in [0.2, 0.25) is 0 Å². The van der Waals surface area contributed by atoms with E-state index in [1.54, 1.807) is 20.4 Å². The van der Waals surface area contributed by atoms with Gasteiger partial charge in [0.1, 0.15) is 11.5 Å². The van der Waals surface area contributed by atoms with Gasteiger partial charge in [0.25, 0.3) is 0 Å². The molecule has 0 bridgehead atoms. The zero-order chi connectivity index (χ0) is 13.8. The SMILES string of the molecule is COc1ccc(C(N)c2ccc(C)nc2)c(OC)c1. The minimum Gasteiger partial charge on any atom is -0.497 e. The average molecular weight is 258 g/mol. The highest BCUT2D eigenvalue weighted by Crippen LogP contribution is 2.31. The van der Waals surface area contributed by atoms with Crippen LogP contribution in [-0.2, 0) is 0 Å². The van der Waals surface area contributed by atoms with Gasteiger partial charge in [0, 0.05) is 23.5 Å².